The average Bonchev–Trinajstić information content (AvgIpc) is 2.28. The molecule has 0 bridgehead atoms. The van der Waals surface area contributed by atoms with Crippen LogP contribution in [0.5, 0.6) is 5.88 Å². The molecular weight excluding hydrogens is 238 g/mol. The molecule has 0 fully saturated rings. The van der Waals surface area contributed by atoms with Crippen LogP contribution in [0, 0.1) is 0 Å². The molecule has 0 saturated heterocycles. The Hall–Kier alpha value is -1.13. The second-order valence-corrected chi connectivity index (χ2v) is 5.99. The summed E-state index contributed by atoms with van der Waals surface area (Å²) in [5, 5.41) is 6.85. The highest BCUT2D eigenvalue weighted by Gasteiger charge is 2.08. The van der Waals surface area contributed by atoms with Crippen molar-refractivity contribution in [2.24, 2.45) is 0 Å². The van der Waals surface area contributed by atoms with Crippen LogP contribution in [0.25, 0.3) is 0 Å². The standard InChI is InChI=1S/C15H27N3O/c1-12(2)19-14-13(7-6-8-17-14)11-16-9-10-18-15(3,4)5/h6-8,12,16,18H,9-11H2,1-5H3. The van der Waals surface area contributed by atoms with Crippen molar-refractivity contribution in [2.75, 3.05) is 13.1 Å². The summed E-state index contributed by atoms with van der Waals surface area (Å²) < 4.78 is 5.69. The molecule has 1 aromatic heterocycles. The molecule has 0 radical (unpaired) electrons. The second-order valence-electron chi connectivity index (χ2n) is 5.99. The second kappa shape index (κ2) is 7.46. The van der Waals surface area contributed by atoms with Gasteiger partial charge in [0.2, 0.25) is 5.88 Å². The zero-order valence-electron chi connectivity index (χ0n) is 12.8. The summed E-state index contributed by atoms with van der Waals surface area (Å²) in [7, 11) is 0. The molecule has 1 rings (SSSR count). The molecule has 0 atom stereocenters. The lowest BCUT2D eigenvalue weighted by atomic mass is 10.1. The zero-order valence-corrected chi connectivity index (χ0v) is 12.8. The van der Waals surface area contributed by atoms with Crippen LogP contribution in [-0.2, 0) is 6.54 Å². The van der Waals surface area contributed by atoms with E-state index in [2.05, 4.69) is 42.5 Å². The summed E-state index contributed by atoms with van der Waals surface area (Å²) in [6.07, 6.45) is 1.92. The quantitative estimate of drug-likeness (QED) is 0.743. The van der Waals surface area contributed by atoms with E-state index in [0.717, 1.165) is 31.1 Å². The Morgan fingerprint density at radius 3 is 2.63 bits per heavy atom. The summed E-state index contributed by atoms with van der Waals surface area (Å²) in [5.41, 5.74) is 1.27. The Kier molecular flexibility index (Phi) is 6.25. The molecule has 1 heterocycles. The zero-order chi connectivity index (χ0) is 14.3. The number of hydrogen-bond acceptors (Lipinski definition) is 4. The smallest absolute Gasteiger partial charge is 0.218 e. The Labute approximate surface area is 117 Å². The highest BCUT2D eigenvalue weighted by atomic mass is 16.5. The van der Waals surface area contributed by atoms with Gasteiger partial charge in [0.25, 0.3) is 0 Å². The van der Waals surface area contributed by atoms with Crippen LogP contribution in [0.4, 0.5) is 0 Å². The van der Waals surface area contributed by atoms with E-state index >= 15 is 0 Å². The van der Waals surface area contributed by atoms with E-state index < -0.39 is 0 Å². The van der Waals surface area contributed by atoms with Gasteiger partial charge >= 0.3 is 0 Å². The molecular formula is C15H27N3O. The first kappa shape index (κ1) is 15.9. The van der Waals surface area contributed by atoms with Gasteiger partial charge in [0.15, 0.2) is 0 Å². The molecule has 4 nitrogen and oxygen atoms in total. The third kappa shape index (κ3) is 7.13. The normalized spacial score (nSPS) is 11.9. The molecule has 19 heavy (non-hydrogen) atoms. The van der Waals surface area contributed by atoms with Gasteiger partial charge in [0.1, 0.15) is 0 Å². The summed E-state index contributed by atoms with van der Waals surface area (Å²) in [4.78, 5) is 4.28. The fourth-order valence-corrected chi connectivity index (χ4v) is 1.64. The Morgan fingerprint density at radius 2 is 2.00 bits per heavy atom. The van der Waals surface area contributed by atoms with Gasteiger partial charge in [-0.15, -0.1) is 0 Å². The molecule has 0 saturated carbocycles. The van der Waals surface area contributed by atoms with Crippen molar-refractivity contribution < 1.29 is 4.74 Å². The van der Waals surface area contributed by atoms with Crippen LogP contribution in [0.3, 0.4) is 0 Å². The molecule has 0 amide bonds. The topological polar surface area (TPSA) is 46.2 Å². The van der Waals surface area contributed by atoms with Gasteiger partial charge in [-0.1, -0.05) is 6.07 Å². The van der Waals surface area contributed by atoms with E-state index in [0.29, 0.717) is 0 Å². The van der Waals surface area contributed by atoms with E-state index in [9.17, 15) is 0 Å². The van der Waals surface area contributed by atoms with Gasteiger partial charge in [-0.25, -0.2) is 4.98 Å². The van der Waals surface area contributed by atoms with Crippen molar-refractivity contribution in [1.82, 2.24) is 15.6 Å². The number of hydrogen-bond donors (Lipinski definition) is 2. The fourth-order valence-electron chi connectivity index (χ4n) is 1.64. The largest absolute Gasteiger partial charge is 0.475 e. The number of rotatable bonds is 7. The van der Waals surface area contributed by atoms with Crippen LogP contribution in [0.2, 0.25) is 0 Å². The third-order valence-corrected chi connectivity index (χ3v) is 2.47. The Balaban J connectivity index is 2.36. The number of nitrogens with zero attached hydrogens (tertiary/aromatic N) is 1. The van der Waals surface area contributed by atoms with Crippen LogP contribution in [0.1, 0.15) is 40.2 Å². The first-order chi connectivity index (χ1) is 8.88. The van der Waals surface area contributed by atoms with Crippen LogP contribution < -0.4 is 15.4 Å². The van der Waals surface area contributed by atoms with E-state index in [4.69, 9.17) is 4.74 Å². The van der Waals surface area contributed by atoms with Crippen molar-refractivity contribution in [3.05, 3.63) is 23.9 Å². The predicted octanol–water partition coefficient (Wildman–Crippen LogP) is 2.35. The van der Waals surface area contributed by atoms with Crippen molar-refractivity contribution in [3.63, 3.8) is 0 Å². The average molecular weight is 265 g/mol. The van der Waals surface area contributed by atoms with Crippen LogP contribution in [0.15, 0.2) is 18.3 Å². The first-order valence-electron chi connectivity index (χ1n) is 6.95. The van der Waals surface area contributed by atoms with Crippen molar-refractivity contribution in [3.8, 4) is 5.88 Å². The summed E-state index contributed by atoms with van der Waals surface area (Å²) in [6.45, 7) is 13.2. The van der Waals surface area contributed by atoms with E-state index in [-0.39, 0.29) is 11.6 Å². The number of nitrogens with one attached hydrogen (secondary N) is 2. The molecule has 0 aliphatic heterocycles. The molecule has 0 unspecified atom stereocenters. The predicted molar refractivity (Wildman–Crippen MR) is 79.5 cm³/mol. The molecule has 2 N–H and O–H groups in total. The maximum absolute atomic E-state index is 5.69. The minimum absolute atomic E-state index is 0.149. The van der Waals surface area contributed by atoms with Crippen molar-refractivity contribution >= 4 is 0 Å². The van der Waals surface area contributed by atoms with Gasteiger partial charge in [-0.05, 0) is 40.7 Å². The van der Waals surface area contributed by atoms with Crippen molar-refractivity contribution in [1.29, 1.82) is 0 Å². The molecule has 108 valence electrons. The Morgan fingerprint density at radius 1 is 1.26 bits per heavy atom. The SMILES string of the molecule is CC(C)Oc1ncccc1CNCCNC(C)(C)C. The van der Waals surface area contributed by atoms with Gasteiger partial charge < -0.3 is 15.4 Å². The maximum Gasteiger partial charge on any atom is 0.218 e. The molecule has 0 aliphatic rings. The molecule has 0 aliphatic carbocycles. The van der Waals surface area contributed by atoms with Crippen molar-refractivity contribution in [2.45, 2.75) is 52.8 Å². The van der Waals surface area contributed by atoms with Gasteiger partial charge in [0, 0.05) is 36.9 Å². The van der Waals surface area contributed by atoms with E-state index in [1.165, 1.54) is 0 Å². The maximum atomic E-state index is 5.69. The lowest BCUT2D eigenvalue weighted by Gasteiger charge is -2.20. The summed E-state index contributed by atoms with van der Waals surface area (Å²) in [5.74, 6) is 0.730. The highest BCUT2D eigenvalue weighted by molar-refractivity contribution is 5.25. The number of aromatic nitrogens is 1. The fraction of sp³-hybridized carbons (Fsp3) is 0.667. The van der Waals surface area contributed by atoms with Crippen LogP contribution >= 0.6 is 0 Å². The van der Waals surface area contributed by atoms with Crippen LogP contribution in [-0.4, -0.2) is 29.7 Å². The van der Waals surface area contributed by atoms with E-state index in [1.807, 2.05) is 19.9 Å². The lowest BCUT2D eigenvalue weighted by molar-refractivity contribution is 0.229. The third-order valence-electron chi connectivity index (χ3n) is 2.47. The lowest BCUT2D eigenvalue weighted by Crippen LogP contribution is -2.40. The molecule has 0 spiro atoms. The Bertz CT molecular complexity index is 372. The first-order valence-corrected chi connectivity index (χ1v) is 6.95. The minimum Gasteiger partial charge on any atom is -0.475 e. The monoisotopic (exact) mass is 265 g/mol. The molecule has 1 aromatic rings. The highest BCUT2D eigenvalue weighted by Crippen LogP contribution is 2.15. The molecule has 4 heteroatoms. The van der Waals surface area contributed by atoms with Gasteiger partial charge in [0.05, 0.1) is 6.10 Å². The summed E-state index contributed by atoms with van der Waals surface area (Å²) in [6, 6.07) is 3.99. The van der Waals surface area contributed by atoms with Gasteiger partial charge in [-0.3, -0.25) is 0 Å². The van der Waals surface area contributed by atoms with Gasteiger partial charge in [-0.2, -0.15) is 0 Å². The summed E-state index contributed by atoms with van der Waals surface area (Å²) >= 11 is 0. The minimum atomic E-state index is 0.149. The number of pyridine rings is 1. The number of ether oxygens (including phenoxy) is 1. The molecule has 0 aromatic carbocycles. The van der Waals surface area contributed by atoms with E-state index in [1.54, 1.807) is 6.20 Å².